The first kappa shape index (κ1) is 18.6. The standard InChI is InChI=1S/C26H24N2O3/c1-13-5-3-6-14(2)23(13)27-24(29)15-7-4-8-16(11-15)28-25(30)21-17-9-10-18(20-12-19(17)20)22(21)26(28)31/h3-11,17-22H,12H2,1-2H3,(H,27,29)/t17-,18+,19-,20-,21+,22+/m1/s1. The highest BCUT2D eigenvalue weighted by molar-refractivity contribution is 6.23. The number of carbonyl (C=O) groups is 3. The molecule has 5 heteroatoms. The highest BCUT2D eigenvalue weighted by Crippen LogP contribution is 2.65. The van der Waals surface area contributed by atoms with Gasteiger partial charge in [-0.25, -0.2) is 4.90 Å². The van der Waals surface area contributed by atoms with E-state index in [4.69, 9.17) is 0 Å². The van der Waals surface area contributed by atoms with Crippen LogP contribution in [0.4, 0.5) is 11.4 Å². The second-order valence-electron chi connectivity index (χ2n) is 9.44. The maximum Gasteiger partial charge on any atom is 0.255 e. The van der Waals surface area contributed by atoms with Gasteiger partial charge in [0.15, 0.2) is 0 Å². The number of nitrogens with zero attached hydrogens (tertiary/aromatic N) is 1. The zero-order chi connectivity index (χ0) is 21.4. The van der Waals surface area contributed by atoms with Gasteiger partial charge in [-0.05, 0) is 73.3 Å². The highest BCUT2D eigenvalue weighted by atomic mass is 16.2. The molecule has 1 N–H and O–H groups in total. The van der Waals surface area contributed by atoms with Crippen LogP contribution in [0.3, 0.4) is 0 Å². The van der Waals surface area contributed by atoms with E-state index in [1.54, 1.807) is 24.3 Å². The van der Waals surface area contributed by atoms with Gasteiger partial charge in [0.2, 0.25) is 11.8 Å². The van der Waals surface area contributed by atoms with Crippen molar-refractivity contribution >= 4 is 29.1 Å². The summed E-state index contributed by atoms with van der Waals surface area (Å²) in [6.45, 7) is 3.91. The maximum atomic E-state index is 13.3. The van der Waals surface area contributed by atoms with Crippen LogP contribution in [0, 0.1) is 49.4 Å². The number of anilines is 2. The van der Waals surface area contributed by atoms with Crippen molar-refractivity contribution in [3.05, 3.63) is 71.3 Å². The van der Waals surface area contributed by atoms with Crippen LogP contribution in [0.1, 0.15) is 27.9 Å². The summed E-state index contributed by atoms with van der Waals surface area (Å²) in [5.74, 6) is 0.591. The predicted octanol–water partition coefficient (Wildman–Crippen LogP) is 4.11. The van der Waals surface area contributed by atoms with Gasteiger partial charge in [0.25, 0.3) is 5.91 Å². The number of carbonyl (C=O) groups excluding carboxylic acids is 3. The van der Waals surface area contributed by atoms with Crippen LogP contribution < -0.4 is 10.2 Å². The monoisotopic (exact) mass is 412 g/mol. The zero-order valence-corrected chi connectivity index (χ0v) is 17.5. The lowest BCUT2D eigenvalue weighted by atomic mass is 9.63. The van der Waals surface area contributed by atoms with Crippen molar-refractivity contribution < 1.29 is 14.4 Å². The Hall–Kier alpha value is -3.21. The molecule has 2 aromatic carbocycles. The Balaban J connectivity index is 1.30. The molecule has 3 fully saturated rings. The molecular formula is C26H24N2O3. The summed E-state index contributed by atoms with van der Waals surface area (Å²) in [4.78, 5) is 41.0. The van der Waals surface area contributed by atoms with Gasteiger partial charge in [-0.15, -0.1) is 0 Å². The maximum absolute atomic E-state index is 13.3. The van der Waals surface area contributed by atoms with Crippen molar-refractivity contribution in [2.45, 2.75) is 20.3 Å². The minimum Gasteiger partial charge on any atom is -0.322 e. The van der Waals surface area contributed by atoms with Gasteiger partial charge in [-0.2, -0.15) is 0 Å². The first-order valence-corrected chi connectivity index (χ1v) is 11.0. The molecule has 6 atom stereocenters. The smallest absolute Gasteiger partial charge is 0.255 e. The number of hydrogen-bond donors (Lipinski definition) is 1. The van der Waals surface area contributed by atoms with E-state index in [1.165, 1.54) is 4.90 Å². The molecule has 2 saturated carbocycles. The molecule has 0 spiro atoms. The Kier molecular flexibility index (Phi) is 3.83. The van der Waals surface area contributed by atoms with Gasteiger partial charge < -0.3 is 5.32 Å². The summed E-state index contributed by atoms with van der Waals surface area (Å²) in [5, 5.41) is 2.98. The lowest BCUT2D eigenvalue weighted by molar-refractivity contribution is -0.124. The average molecular weight is 412 g/mol. The molecular weight excluding hydrogens is 388 g/mol. The number of hydrogen-bond acceptors (Lipinski definition) is 3. The Labute approximate surface area is 181 Å². The number of imide groups is 1. The number of benzene rings is 2. The summed E-state index contributed by atoms with van der Waals surface area (Å²) < 4.78 is 0. The summed E-state index contributed by atoms with van der Waals surface area (Å²) >= 11 is 0. The van der Waals surface area contributed by atoms with Crippen molar-refractivity contribution in [1.82, 2.24) is 0 Å². The number of aryl methyl sites for hydroxylation is 2. The normalized spacial score (nSPS) is 32.1. The van der Waals surface area contributed by atoms with E-state index in [2.05, 4.69) is 17.5 Å². The van der Waals surface area contributed by atoms with E-state index in [-0.39, 0.29) is 41.4 Å². The van der Waals surface area contributed by atoms with Crippen LogP contribution in [0.15, 0.2) is 54.6 Å². The van der Waals surface area contributed by atoms with E-state index >= 15 is 0 Å². The van der Waals surface area contributed by atoms with E-state index < -0.39 is 0 Å². The van der Waals surface area contributed by atoms with Gasteiger partial charge in [0.1, 0.15) is 0 Å². The summed E-state index contributed by atoms with van der Waals surface area (Å²) in [6, 6.07) is 12.7. The molecule has 1 aliphatic heterocycles. The molecule has 1 saturated heterocycles. The van der Waals surface area contributed by atoms with Gasteiger partial charge in [0, 0.05) is 11.3 Å². The third kappa shape index (κ3) is 2.59. The molecule has 7 rings (SSSR count). The molecule has 5 aliphatic rings. The van der Waals surface area contributed by atoms with Gasteiger partial charge in [-0.1, -0.05) is 36.4 Å². The van der Waals surface area contributed by atoms with Crippen LogP contribution in [-0.2, 0) is 9.59 Å². The molecule has 0 unspecified atom stereocenters. The molecule has 0 aromatic heterocycles. The van der Waals surface area contributed by atoms with E-state index in [1.807, 2.05) is 32.0 Å². The molecule has 3 amide bonds. The van der Waals surface area contributed by atoms with Crippen molar-refractivity contribution in [2.24, 2.45) is 35.5 Å². The third-order valence-electron chi connectivity index (χ3n) is 7.75. The topological polar surface area (TPSA) is 66.5 Å². The van der Waals surface area contributed by atoms with Crippen LogP contribution in [0.5, 0.6) is 0 Å². The fourth-order valence-electron chi connectivity index (χ4n) is 6.20. The van der Waals surface area contributed by atoms with Crippen molar-refractivity contribution in [3.63, 3.8) is 0 Å². The number of allylic oxidation sites excluding steroid dienone is 2. The molecule has 1 heterocycles. The van der Waals surface area contributed by atoms with E-state index in [9.17, 15) is 14.4 Å². The Morgan fingerprint density at radius 1 is 0.903 bits per heavy atom. The first-order chi connectivity index (χ1) is 15.0. The van der Waals surface area contributed by atoms with Crippen LogP contribution in [0.25, 0.3) is 0 Å². The molecule has 31 heavy (non-hydrogen) atoms. The summed E-state index contributed by atoms with van der Waals surface area (Å²) in [6.07, 6.45) is 5.48. The van der Waals surface area contributed by atoms with Gasteiger partial charge in [0.05, 0.1) is 17.5 Å². The van der Waals surface area contributed by atoms with Crippen LogP contribution in [-0.4, -0.2) is 17.7 Å². The summed E-state index contributed by atoms with van der Waals surface area (Å²) in [7, 11) is 0. The van der Waals surface area contributed by atoms with Gasteiger partial charge in [-0.3, -0.25) is 14.4 Å². The average Bonchev–Trinajstić information content (AvgIpc) is 3.54. The quantitative estimate of drug-likeness (QED) is 0.609. The SMILES string of the molecule is Cc1cccc(C)c1NC(=O)c1cccc(N2C(=O)[C@H]3[C@@H]4C=C[C@@H]([C@H]5C[C@H]45)[C@@H]3C2=O)c1. The molecule has 2 bridgehead atoms. The highest BCUT2D eigenvalue weighted by Gasteiger charge is 2.67. The Morgan fingerprint density at radius 3 is 2.10 bits per heavy atom. The predicted molar refractivity (Wildman–Crippen MR) is 118 cm³/mol. The number of rotatable bonds is 3. The lowest BCUT2D eigenvalue weighted by Gasteiger charge is -2.37. The number of nitrogens with one attached hydrogen (secondary N) is 1. The fraction of sp³-hybridized carbons (Fsp3) is 0.346. The zero-order valence-electron chi connectivity index (χ0n) is 17.5. The third-order valence-corrected chi connectivity index (χ3v) is 7.75. The van der Waals surface area contributed by atoms with Crippen molar-refractivity contribution in [2.75, 3.05) is 10.2 Å². The minimum atomic E-state index is -0.251. The number of amides is 3. The molecule has 156 valence electrons. The lowest BCUT2D eigenvalue weighted by Crippen LogP contribution is -2.40. The van der Waals surface area contributed by atoms with E-state index in [0.717, 1.165) is 23.2 Å². The van der Waals surface area contributed by atoms with E-state index in [0.29, 0.717) is 23.1 Å². The largest absolute Gasteiger partial charge is 0.322 e. The Bertz CT molecular complexity index is 1130. The van der Waals surface area contributed by atoms with Crippen molar-refractivity contribution in [3.8, 4) is 0 Å². The molecule has 0 radical (unpaired) electrons. The molecule has 2 aromatic rings. The van der Waals surface area contributed by atoms with Gasteiger partial charge >= 0.3 is 0 Å². The van der Waals surface area contributed by atoms with Crippen LogP contribution in [0.2, 0.25) is 0 Å². The summed E-state index contributed by atoms with van der Waals surface area (Å²) in [5.41, 5.74) is 3.69. The number of para-hydroxylation sites is 1. The molecule has 4 aliphatic carbocycles. The minimum absolute atomic E-state index is 0.105. The molecule has 5 nitrogen and oxygen atoms in total. The Morgan fingerprint density at radius 2 is 1.48 bits per heavy atom. The van der Waals surface area contributed by atoms with Crippen LogP contribution >= 0.6 is 0 Å². The fourth-order valence-corrected chi connectivity index (χ4v) is 6.20. The first-order valence-electron chi connectivity index (χ1n) is 11.0. The second kappa shape index (κ2) is 6.39. The van der Waals surface area contributed by atoms with Crippen molar-refractivity contribution in [1.29, 1.82) is 0 Å². The second-order valence-corrected chi connectivity index (χ2v) is 9.44.